The molecule has 94 valence electrons. The Morgan fingerprint density at radius 2 is 2.24 bits per heavy atom. The van der Waals surface area contributed by atoms with E-state index < -0.39 is 0 Å². The Balaban J connectivity index is 2.15. The third-order valence-electron chi connectivity index (χ3n) is 3.84. The minimum Gasteiger partial charge on any atom is -0.396 e. The fourth-order valence-electron chi connectivity index (χ4n) is 2.63. The van der Waals surface area contributed by atoms with Gasteiger partial charge in [-0.05, 0) is 36.0 Å². The topological polar surface area (TPSA) is 23.5 Å². The number of hydrogen-bond donors (Lipinski definition) is 1. The fourth-order valence-corrected chi connectivity index (χ4v) is 2.63. The van der Waals surface area contributed by atoms with Crippen molar-refractivity contribution in [2.45, 2.75) is 20.3 Å². The third kappa shape index (κ3) is 2.60. The lowest BCUT2D eigenvalue weighted by Crippen LogP contribution is -2.47. The number of aliphatic hydroxyl groups is 1. The van der Waals surface area contributed by atoms with Crippen LogP contribution in [-0.2, 0) is 0 Å². The van der Waals surface area contributed by atoms with Gasteiger partial charge in [-0.1, -0.05) is 19.9 Å². The highest BCUT2D eigenvalue weighted by molar-refractivity contribution is 5.47. The molecule has 0 aromatic heterocycles. The predicted molar refractivity (Wildman–Crippen MR) is 67.6 cm³/mol. The number of anilines is 1. The van der Waals surface area contributed by atoms with E-state index in [4.69, 9.17) is 0 Å². The summed E-state index contributed by atoms with van der Waals surface area (Å²) >= 11 is 0. The average molecular weight is 237 g/mol. The molecule has 17 heavy (non-hydrogen) atoms. The fraction of sp³-hybridized carbons (Fsp3) is 0.571. The van der Waals surface area contributed by atoms with Gasteiger partial charge in [-0.2, -0.15) is 0 Å². The standard InChI is InChI=1S/C14H20FNO/c1-14(2)10-16(7-6-11(14)9-17)13-5-3-4-12(15)8-13/h3-5,8,11,17H,6-7,9-10H2,1-2H3. The molecular formula is C14H20FNO. The maximum Gasteiger partial charge on any atom is 0.125 e. The molecule has 1 aromatic carbocycles. The Labute approximate surface area is 102 Å². The molecular weight excluding hydrogens is 217 g/mol. The minimum absolute atomic E-state index is 0.0688. The van der Waals surface area contributed by atoms with Gasteiger partial charge in [-0.25, -0.2) is 4.39 Å². The second kappa shape index (κ2) is 4.65. The lowest BCUT2D eigenvalue weighted by atomic mass is 9.74. The maximum absolute atomic E-state index is 13.2. The number of hydrogen-bond acceptors (Lipinski definition) is 2. The minimum atomic E-state index is -0.190. The Kier molecular flexibility index (Phi) is 3.38. The highest BCUT2D eigenvalue weighted by Crippen LogP contribution is 2.36. The van der Waals surface area contributed by atoms with Crippen molar-refractivity contribution in [1.82, 2.24) is 0 Å². The van der Waals surface area contributed by atoms with Crippen LogP contribution in [0.2, 0.25) is 0 Å². The maximum atomic E-state index is 13.2. The molecule has 1 saturated heterocycles. The molecule has 1 heterocycles. The molecule has 2 rings (SSSR count). The first kappa shape index (κ1) is 12.4. The van der Waals surface area contributed by atoms with E-state index in [1.807, 2.05) is 6.07 Å². The Bertz CT molecular complexity index is 392. The molecule has 0 amide bonds. The quantitative estimate of drug-likeness (QED) is 0.854. The van der Waals surface area contributed by atoms with Crippen LogP contribution in [0.15, 0.2) is 24.3 Å². The summed E-state index contributed by atoms with van der Waals surface area (Å²) < 4.78 is 13.2. The van der Waals surface area contributed by atoms with E-state index in [1.54, 1.807) is 12.1 Å². The second-order valence-electron chi connectivity index (χ2n) is 5.56. The normalized spacial score (nSPS) is 23.8. The van der Waals surface area contributed by atoms with Gasteiger partial charge in [-0.3, -0.25) is 0 Å². The molecule has 0 spiro atoms. The molecule has 1 atom stereocenters. The van der Waals surface area contributed by atoms with Crippen molar-refractivity contribution < 1.29 is 9.50 Å². The summed E-state index contributed by atoms with van der Waals surface area (Å²) in [4.78, 5) is 2.20. The number of nitrogens with zero attached hydrogens (tertiary/aromatic N) is 1. The van der Waals surface area contributed by atoms with Crippen molar-refractivity contribution in [2.75, 3.05) is 24.6 Å². The van der Waals surface area contributed by atoms with Crippen molar-refractivity contribution in [3.63, 3.8) is 0 Å². The van der Waals surface area contributed by atoms with Crippen molar-refractivity contribution in [3.8, 4) is 0 Å². The Morgan fingerprint density at radius 1 is 1.47 bits per heavy atom. The van der Waals surface area contributed by atoms with Gasteiger partial charge in [0.05, 0.1) is 0 Å². The Hall–Kier alpha value is -1.09. The van der Waals surface area contributed by atoms with Crippen LogP contribution in [0.3, 0.4) is 0 Å². The smallest absolute Gasteiger partial charge is 0.125 e. The molecule has 0 radical (unpaired) electrons. The van der Waals surface area contributed by atoms with Gasteiger partial charge in [0, 0.05) is 25.4 Å². The zero-order chi connectivity index (χ0) is 12.5. The SMILES string of the molecule is CC1(C)CN(c2cccc(F)c2)CCC1CO. The van der Waals surface area contributed by atoms with Crippen LogP contribution in [0.25, 0.3) is 0 Å². The van der Waals surface area contributed by atoms with Crippen LogP contribution in [0.4, 0.5) is 10.1 Å². The van der Waals surface area contributed by atoms with Crippen molar-refractivity contribution in [2.24, 2.45) is 11.3 Å². The number of halogens is 1. The molecule has 1 aliphatic rings. The molecule has 1 fully saturated rings. The molecule has 0 saturated carbocycles. The van der Waals surface area contributed by atoms with Crippen LogP contribution in [0.5, 0.6) is 0 Å². The number of benzene rings is 1. The summed E-state index contributed by atoms with van der Waals surface area (Å²) in [7, 11) is 0. The molecule has 1 aromatic rings. The first-order valence-electron chi connectivity index (χ1n) is 6.14. The first-order valence-corrected chi connectivity index (χ1v) is 6.14. The van der Waals surface area contributed by atoms with Gasteiger partial charge in [-0.15, -0.1) is 0 Å². The van der Waals surface area contributed by atoms with E-state index in [0.29, 0.717) is 5.92 Å². The lowest BCUT2D eigenvalue weighted by Gasteiger charge is -2.44. The van der Waals surface area contributed by atoms with Crippen LogP contribution >= 0.6 is 0 Å². The highest BCUT2D eigenvalue weighted by Gasteiger charge is 2.35. The summed E-state index contributed by atoms with van der Waals surface area (Å²) in [5, 5.41) is 9.35. The number of piperidine rings is 1. The van der Waals surface area contributed by atoms with E-state index in [0.717, 1.165) is 25.2 Å². The monoisotopic (exact) mass is 237 g/mol. The zero-order valence-corrected chi connectivity index (χ0v) is 10.5. The van der Waals surface area contributed by atoms with Gasteiger partial charge in [0.15, 0.2) is 0 Å². The van der Waals surface area contributed by atoms with Crippen LogP contribution in [-0.4, -0.2) is 24.8 Å². The third-order valence-corrected chi connectivity index (χ3v) is 3.84. The van der Waals surface area contributed by atoms with E-state index in [-0.39, 0.29) is 17.8 Å². The lowest BCUT2D eigenvalue weighted by molar-refractivity contribution is 0.0972. The summed E-state index contributed by atoms with van der Waals surface area (Å²) in [5.74, 6) is 0.150. The van der Waals surface area contributed by atoms with Gasteiger partial charge in [0.25, 0.3) is 0 Å². The van der Waals surface area contributed by atoms with Crippen LogP contribution in [0, 0.1) is 17.2 Å². The highest BCUT2D eigenvalue weighted by atomic mass is 19.1. The molecule has 0 bridgehead atoms. The van der Waals surface area contributed by atoms with E-state index >= 15 is 0 Å². The van der Waals surface area contributed by atoms with Crippen molar-refractivity contribution in [3.05, 3.63) is 30.1 Å². The van der Waals surface area contributed by atoms with Crippen molar-refractivity contribution >= 4 is 5.69 Å². The first-order chi connectivity index (χ1) is 8.03. The largest absolute Gasteiger partial charge is 0.396 e. The van der Waals surface area contributed by atoms with E-state index in [1.165, 1.54) is 6.07 Å². The number of aliphatic hydroxyl groups excluding tert-OH is 1. The van der Waals surface area contributed by atoms with E-state index in [9.17, 15) is 9.50 Å². The summed E-state index contributed by atoms with van der Waals surface area (Å²) in [5.41, 5.74) is 1.01. The molecule has 3 heteroatoms. The molecule has 0 aliphatic carbocycles. The van der Waals surface area contributed by atoms with E-state index in [2.05, 4.69) is 18.7 Å². The average Bonchev–Trinajstić information content (AvgIpc) is 2.27. The summed E-state index contributed by atoms with van der Waals surface area (Å²) in [6, 6.07) is 6.73. The second-order valence-corrected chi connectivity index (χ2v) is 5.56. The molecule has 2 nitrogen and oxygen atoms in total. The van der Waals surface area contributed by atoms with Crippen molar-refractivity contribution in [1.29, 1.82) is 0 Å². The summed E-state index contributed by atoms with van der Waals surface area (Å²) in [6.07, 6.45) is 0.958. The van der Waals surface area contributed by atoms with Crippen LogP contribution < -0.4 is 4.90 Å². The van der Waals surface area contributed by atoms with Gasteiger partial charge in [0.2, 0.25) is 0 Å². The van der Waals surface area contributed by atoms with Gasteiger partial charge < -0.3 is 10.0 Å². The van der Waals surface area contributed by atoms with Gasteiger partial charge in [0.1, 0.15) is 5.82 Å². The van der Waals surface area contributed by atoms with Crippen LogP contribution in [0.1, 0.15) is 20.3 Å². The summed E-state index contributed by atoms with van der Waals surface area (Å²) in [6.45, 7) is 6.32. The predicted octanol–water partition coefficient (Wildman–Crippen LogP) is 2.67. The Morgan fingerprint density at radius 3 is 2.82 bits per heavy atom. The number of rotatable bonds is 2. The molecule has 1 aliphatic heterocycles. The van der Waals surface area contributed by atoms with Gasteiger partial charge >= 0.3 is 0 Å². The zero-order valence-electron chi connectivity index (χ0n) is 10.5. The molecule has 1 unspecified atom stereocenters. The molecule has 1 N–H and O–H groups in total.